The molecular weight excluding hydrogens is 574 g/mol. The normalized spacial score (nSPS) is 11.8. The van der Waals surface area contributed by atoms with E-state index in [0.717, 1.165) is 21.0 Å². The maximum absolute atomic E-state index is 14.4. The molecule has 0 saturated heterocycles. The minimum Gasteiger partial charge on any atom is -0.494 e. The minimum absolute atomic E-state index is 0.0209. The van der Waals surface area contributed by atoms with Gasteiger partial charge in [0, 0.05) is 19.5 Å². The van der Waals surface area contributed by atoms with Crippen LogP contribution in [0.5, 0.6) is 5.75 Å². The Balaban J connectivity index is 1.77. The largest absolute Gasteiger partial charge is 0.494 e. The van der Waals surface area contributed by atoms with Gasteiger partial charge in [-0.3, -0.25) is 13.9 Å². The number of nitrogens with one attached hydrogen (secondary N) is 1. The Morgan fingerprint density at radius 1 is 0.818 bits per heavy atom. The Morgan fingerprint density at radius 2 is 1.43 bits per heavy atom. The minimum atomic E-state index is -4.18. The number of carbonyl (C=O) groups is 2. The van der Waals surface area contributed by atoms with Crippen LogP contribution in [0.2, 0.25) is 0 Å². The number of amides is 2. The zero-order valence-corrected chi connectivity index (χ0v) is 26.2. The highest BCUT2D eigenvalue weighted by atomic mass is 32.2. The number of carbonyl (C=O) groups excluding carboxylic acids is 2. The van der Waals surface area contributed by atoms with E-state index >= 15 is 0 Å². The monoisotopic (exact) mass is 613 g/mol. The summed E-state index contributed by atoms with van der Waals surface area (Å²) in [6.07, 6.45) is 0.265. The summed E-state index contributed by atoms with van der Waals surface area (Å²) in [5.41, 5.74) is 3.04. The van der Waals surface area contributed by atoms with Gasteiger partial charge in [-0.15, -0.1) is 0 Å². The number of para-hydroxylation sites is 1. The van der Waals surface area contributed by atoms with E-state index in [4.69, 9.17) is 4.74 Å². The summed E-state index contributed by atoms with van der Waals surface area (Å²) in [7, 11) is -4.18. The Morgan fingerprint density at radius 3 is 2.05 bits per heavy atom. The van der Waals surface area contributed by atoms with E-state index in [-0.39, 0.29) is 23.8 Å². The summed E-state index contributed by atoms with van der Waals surface area (Å²) >= 11 is 0. The van der Waals surface area contributed by atoms with Crippen LogP contribution in [0.4, 0.5) is 5.69 Å². The molecule has 0 aliphatic carbocycles. The maximum atomic E-state index is 14.4. The SMILES string of the molecule is CCNC(=O)[C@H](Cc1ccccc1)N(Cc1ccccc1C)C(=O)CN(c1ccccc1)S(=O)(=O)c1ccc(OCC)cc1. The van der Waals surface area contributed by atoms with Crippen molar-refractivity contribution in [2.75, 3.05) is 24.0 Å². The molecule has 0 aliphatic rings. The molecule has 1 N–H and O–H groups in total. The van der Waals surface area contributed by atoms with Crippen molar-refractivity contribution in [1.29, 1.82) is 0 Å². The number of anilines is 1. The van der Waals surface area contributed by atoms with Crippen LogP contribution in [0.15, 0.2) is 114 Å². The molecular formula is C35H39N3O5S. The molecule has 0 fully saturated rings. The Labute approximate surface area is 260 Å². The third-order valence-electron chi connectivity index (χ3n) is 7.27. The van der Waals surface area contributed by atoms with Gasteiger partial charge in [0.2, 0.25) is 11.8 Å². The summed E-state index contributed by atoms with van der Waals surface area (Å²) < 4.78 is 34.8. The topological polar surface area (TPSA) is 96.0 Å². The first-order valence-corrected chi connectivity index (χ1v) is 16.1. The van der Waals surface area contributed by atoms with E-state index < -0.39 is 28.5 Å². The van der Waals surface area contributed by atoms with Crippen molar-refractivity contribution in [1.82, 2.24) is 10.2 Å². The number of ether oxygens (including phenoxy) is 1. The lowest BCUT2D eigenvalue weighted by molar-refractivity contribution is -0.140. The molecule has 0 aliphatic heterocycles. The number of nitrogens with zero attached hydrogens (tertiary/aromatic N) is 2. The molecule has 4 rings (SSSR count). The second kappa shape index (κ2) is 15.2. The van der Waals surface area contributed by atoms with Gasteiger partial charge in [0.15, 0.2) is 0 Å². The van der Waals surface area contributed by atoms with Gasteiger partial charge >= 0.3 is 0 Å². The molecule has 0 radical (unpaired) electrons. The van der Waals surface area contributed by atoms with Crippen LogP contribution in [-0.4, -0.2) is 50.9 Å². The molecule has 2 amide bonds. The van der Waals surface area contributed by atoms with E-state index in [1.807, 2.05) is 75.4 Å². The number of aryl methyl sites for hydroxylation is 1. The predicted molar refractivity (Wildman–Crippen MR) is 173 cm³/mol. The molecule has 0 heterocycles. The lowest BCUT2D eigenvalue weighted by Crippen LogP contribution is -2.53. The molecule has 0 spiro atoms. The summed E-state index contributed by atoms with van der Waals surface area (Å²) in [5, 5.41) is 2.88. The van der Waals surface area contributed by atoms with E-state index in [1.165, 1.54) is 17.0 Å². The lowest BCUT2D eigenvalue weighted by atomic mass is 10.0. The highest BCUT2D eigenvalue weighted by Gasteiger charge is 2.34. The van der Waals surface area contributed by atoms with Gasteiger partial charge in [0.25, 0.3) is 10.0 Å². The third kappa shape index (κ3) is 8.05. The molecule has 1 atom stereocenters. The molecule has 0 saturated carbocycles. The Hall–Kier alpha value is -4.63. The standard InChI is InChI=1S/C35H39N3O5S/c1-4-36-35(40)33(24-28-15-8-6-9-16-28)37(25-29-17-13-12-14-27(29)3)34(39)26-38(30-18-10-7-11-19-30)44(41,42)32-22-20-31(21-23-32)43-5-2/h6-23,33H,4-5,24-26H2,1-3H3,(H,36,40)/t33-/m0/s1. The highest BCUT2D eigenvalue weighted by molar-refractivity contribution is 7.92. The fourth-order valence-electron chi connectivity index (χ4n) is 4.94. The second-order valence-corrected chi connectivity index (χ2v) is 12.2. The van der Waals surface area contributed by atoms with Crippen LogP contribution in [0.1, 0.15) is 30.5 Å². The van der Waals surface area contributed by atoms with Gasteiger partial charge in [-0.05, 0) is 73.9 Å². The number of hydrogen-bond acceptors (Lipinski definition) is 5. The molecule has 0 aromatic heterocycles. The van der Waals surface area contributed by atoms with Crippen molar-refractivity contribution in [3.05, 3.63) is 126 Å². The summed E-state index contributed by atoms with van der Waals surface area (Å²) in [6.45, 7) is 6.08. The fourth-order valence-corrected chi connectivity index (χ4v) is 6.36. The third-order valence-corrected chi connectivity index (χ3v) is 9.06. The van der Waals surface area contributed by atoms with E-state index in [1.54, 1.807) is 42.5 Å². The van der Waals surface area contributed by atoms with Crippen LogP contribution in [0.25, 0.3) is 0 Å². The van der Waals surface area contributed by atoms with Gasteiger partial charge in [0.05, 0.1) is 17.2 Å². The van der Waals surface area contributed by atoms with Crippen molar-refractivity contribution in [2.24, 2.45) is 0 Å². The van der Waals surface area contributed by atoms with Crippen LogP contribution in [0.3, 0.4) is 0 Å². The molecule has 0 bridgehead atoms. The molecule has 4 aromatic rings. The highest BCUT2D eigenvalue weighted by Crippen LogP contribution is 2.26. The smallest absolute Gasteiger partial charge is 0.264 e. The first-order chi connectivity index (χ1) is 21.2. The van der Waals surface area contributed by atoms with E-state index in [9.17, 15) is 18.0 Å². The van der Waals surface area contributed by atoms with Gasteiger partial charge in [-0.2, -0.15) is 0 Å². The first kappa shape index (κ1) is 32.3. The van der Waals surface area contributed by atoms with Crippen LogP contribution >= 0.6 is 0 Å². The van der Waals surface area contributed by atoms with Gasteiger partial charge < -0.3 is 15.0 Å². The van der Waals surface area contributed by atoms with Gasteiger partial charge in [0.1, 0.15) is 18.3 Å². The number of benzene rings is 4. The van der Waals surface area contributed by atoms with E-state index in [0.29, 0.717) is 24.6 Å². The van der Waals surface area contributed by atoms with Gasteiger partial charge in [-0.1, -0.05) is 72.8 Å². The van der Waals surface area contributed by atoms with E-state index in [2.05, 4.69) is 5.32 Å². The Kier molecular flexibility index (Phi) is 11.2. The second-order valence-electron chi connectivity index (χ2n) is 10.3. The van der Waals surface area contributed by atoms with Crippen molar-refractivity contribution >= 4 is 27.5 Å². The van der Waals surface area contributed by atoms with Crippen molar-refractivity contribution in [3.63, 3.8) is 0 Å². The number of likely N-dealkylation sites (N-methyl/N-ethyl adjacent to an activating group) is 1. The zero-order chi connectivity index (χ0) is 31.5. The maximum Gasteiger partial charge on any atom is 0.264 e. The number of rotatable bonds is 14. The molecule has 0 unspecified atom stereocenters. The van der Waals surface area contributed by atoms with Gasteiger partial charge in [-0.25, -0.2) is 8.42 Å². The average Bonchev–Trinajstić information content (AvgIpc) is 3.03. The zero-order valence-electron chi connectivity index (χ0n) is 25.3. The first-order valence-electron chi connectivity index (χ1n) is 14.7. The van der Waals surface area contributed by atoms with Crippen molar-refractivity contribution < 1.29 is 22.7 Å². The molecule has 4 aromatic carbocycles. The fraction of sp³-hybridized carbons (Fsp3) is 0.257. The van der Waals surface area contributed by atoms with Crippen molar-refractivity contribution in [3.8, 4) is 5.75 Å². The lowest BCUT2D eigenvalue weighted by Gasteiger charge is -2.34. The van der Waals surface area contributed by atoms with Crippen molar-refractivity contribution in [2.45, 2.75) is 44.7 Å². The summed E-state index contributed by atoms with van der Waals surface area (Å²) in [4.78, 5) is 29.5. The Bertz CT molecular complexity index is 1630. The van der Waals surface area contributed by atoms with Crippen LogP contribution in [0, 0.1) is 6.92 Å². The molecule has 8 nitrogen and oxygen atoms in total. The summed E-state index contributed by atoms with van der Waals surface area (Å²) in [6, 6.07) is 30.9. The number of hydrogen-bond donors (Lipinski definition) is 1. The molecule has 230 valence electrons. The van der Waals surface area contributed by atoms with Crippen LogP contribution < -0.4 is 14.4 Å². The average molecular weight is 614 g/mol. The molecule has 9 heteroatoms. The molecule has 44 heavy (non-hydrogen) atoms. The van der Waals surface area contributed by atoms with Crippen LogP contribution in [-0.2, 0) is 32.6 Å². The number of sulfonamides is 1. The predicted octanol–water partition coefficient (Wildman–Crippen LogP) is 5.37. The summed E-state index contributed by atoms with van der Waals surface area (Å²) in [5.74, 6) is -0.262. The quantitative estimate of drug-likeness (QED) is 0.207.